The first kappa shape index (κ1) is 22.1. The van der Waals surface area contributed by atoms with Gasteiger partial charge in [0.1, 0.15) is 12.4 Å². The first-order valence-corrected chi connectivity index (χ1v) is 11.9. The number of aryl methyl sites for hydroxylation is 1. The van der Waals surface area contributed by atoms with E-state index in [4.69, 9.17) is 19.3 Å². The minimum absolute atomic E-state index is 0.374. The van der Waals surface area contributed by atoms with Crippen LogP contribution in [-0.4, -0.2) is 86.3 Å². The van der Waals surface area contributed by atoms with Gasteiger partial charge in [0.2, 0.25) is 0 Å². The monoisotopic (exact) mass is 452 g/mol. The van der Waals surface area contributed by atoms with Crippen molar-refractivity contribution < 1.29 is 14.2 Å². The normalized spacial score (nSPS) is 20.5. The molecule has 1 N–H and O–H groups in total. The number of anilines is 2. The standard InChI is InChI=1S/C24H32N6O3/c1-2-6-20-19(4-1)5-3-7-21(20)27-28-22-18-23(30-11-15-32-16-12-30)26-24(25-22)33-17-10-29-8-13-31-14-9-29/h1-2,4,6,18H,3,5,7-17H2,(H,25,26,28). The Morgan fingerprint density at radius 2 is 1.76 bits per heavy atom. The van der Waals surface area contributed by atoms with Crippen molar-refractivity contribution in [2.24, 2.45) is 5.10 Å². The predicted molar refractivity (Wildman–Crippen MR) is 127 cm³/mol. The molecule has 1 aliphatic carbocycles. The fourth-order valence-corrected chi connectivity index (χ4v) is 4.42. The van der Waals surface area contributed by atoms with Crippen molar-refractivity contribution in [2.45, 2.75) is 19.3 Å². The minimum atomic E-state index is 0.374. The van der Waals surface area contributed by atoms with Crippen LogP contribution < -0.4 is 15.1 Å². The van der Waals surface area contributed by atoms with E-state index in [2.05, 4.69) is 49.5 Å². The molecule has 5 rings (SSSR count). The van der Waals surface area contributed by atoms with Gasteiger partial charge in [0.25, 0.3) is 0 Å². The van der Waals surface area contributed by atoms with Crippen LogP contribution >= 0.6 is 0 Å². The summed E-state index contributed by atoms with van der Waals surface area (Å²) >= 11 is 0. The van der Waals surface area contributed by atoms with Crippen LogP contribution in [0.1, 0.15) is 24.0 Å². The number of nitrogens with zero attached hydrogens (tertiary/aromatic N) is 5. The number of hydrazone groups is 1. The van der Waals surface area contributed by atoms with Crippen LogP contribution in [0.25, 0.3) is 0 Å². The molecule has 2 fully saturated rings. The van der Waals surface area contributed by atoms with E-state index in [-0.39, 0.29) is 0 Å². The van der Waals surface area contributed by atoms with Gasteiger partial charge in [0, 0.05) is 44.4 Å². The van der Waals surface area contributed by atoms with Crippen LogP contribution in [0.2, 0.25) is 0 Å². The van der Waals surface area contributed by atoms with Gasteiger partial charge in [-0.2, -0.15) is 15.1 Å². The highest BCUT2D eigenvalue weighted by Gasteiger charge is 2.18. The van der Waals surface area contributed by atoms with Gasteiger partial charge in [0.15, 0.2) is 5.82 Å². The molecule has 0 saturated carbocycles. The van der Waals surface area contributed by atoms with E-state index in [1.165, 1.54) is 11.1 Å². The minimum Gasteiger partial charge on any atom is -0.462 e. The molecular formula is C24H32N6O3. The Morgan fingerprint density at radius 3 is 2.61 bits per heavy atom. The van der Waals surface area contributed by atoms with Crippen molar-refractivity contribution in [2.75, 3.05) is 76.1 Å². The van der Waals surface area contributed by atoms with E-state index in [1.54, 1.807) is 0 Å². The molecule has 1 aromatic heterocycles. The summed E-state index contributed by atoms with van der Waals surface area (Å²) in [6.07, 6.45) is 3.16. The quantitative estimate of drug-likeness (QED) is 0.640. The number of nitrogens with one attached hydrogen (secondary N) is 1. The van der Waals surface area contributed by atoms with Crippen molar-refractivity contribution in [3.63, 3.8) is 0 Å². The van der Waals surface area contributed by atoms with Crippen LogP contribution in [0.4, 0.5) is 11.6 Å². The molecule has 1 aromatic carbocycles. The molecule has 0 radical (unpaired) electrons. The highest BCUT2D eigenvalue weighted by Crippen LogP contribution is 2.23. The summed E-state index contributed by atoms with van der Waals surface area (Å²) in [7, 11) is 0. The van der Waals surface area contributed by atoms with Crippen LogP contribution in [0.15, 0.2) is 35.4 Å². The van der Waals surface area contributed by atoms with Crippen molar-refractivity contribution in [3.05, 3.63) is 41.5 Å². The molecule has 33 heavy (non-hydrogen) atoms. The summed E-state index contributed by atoms with van der Waals surface area (Å²) in [5.74, 6) is 1.48. The number of hydrogen-bond acceptors (Lipinski definition) is 9. The summed E-state index contributed by atoms with van der Waals surface area (Å²) in [5.41, 5.74) is 6.83. The third kappa shape index (κ3) is 5.79. The lowest BCUT2D eigenvalue weighted by Crippen LogP contribution is -2.39. The molecule has 0 spiro atoms. The fourth-order valence-electron chi connectivity index (χ4n) is 4.42. The number of fused-ring (bicyclic) bond motifs is 1. The highest BCUT2D eigenvalue weighted by atomic mass is 16.5. The predicted octanol–water partition coefficient (Wildman–Crippen LogP) is 2.18. The van der Waals surface area contributed by atoms with Gasteiger partial charge in [-0.05, 0) is 24.8 Å². The average molecular weight is 453 g/mol. The van der Waals surface area contributed by atoms with E-state index in [9.17, 15) is 0 Å². The Labute approximate surface area is 194 Å². The third-order valence-electron chi connectivity index (χ3n) is 6.26. The Balaban J connectivity index is 1.31. The summed E-state index contributed by atoms with van der Waals surface area (Å²) in [4.78, 5) is 13.8. The van der Waals surface area contributed by atoms with Crippen molar-refractivity contribution in [3.8, 4) is 6.01 Å². The maximum Gasteiger partial charge on any atom is 0.320 e. The Kier molecular flexibility index (Phi) is 7.30. The van der Waals surface area contributed by atoms with Gasteiger partial charge < -0.3 is 19.1 Å². The smallest absolute Gasteiger partial charge is 0.320 e. The van der Waals surface area contributed by atoms with Crippen LogP contribution in [0, 0.1) is 0 Å². The molecule has 2 saturated heterocycles. The molecule has 0 amide bonds. The lowest BCUT2D eigenvalue weighted by Gasteiger charge is -2.28. The van der Waals surface area contributed by atoms with E-state index in [1.807, 2.05) is 6.07 Å². The van der Waals surface area contributed by atoms with E-state index < -0.39 is 0 Å². The Bertz CT molecular complexity index is 957. The third-order valence-corrected chi connectivity index (χ3v) is 6.26. The van der Waals surface area contributed by atoms with Gasteiger partial charge in [-0.15, -0.1) is 0 Å². The fraction of sp³-hybridized carbons (Fsp3) is 0.542. The van der Waals surface area contributed by atoms with Crippen LogP contribution in [0.5, 0.6) is 6.01 Å². The summed E-state index contributed by atoms with van der Waals surface area (Å²) < 4.78 is 16.9. The van der Waals surface area contributed by atoms with E-state index >= 15 is 0 Å². The van der Waals surface area contributed by atoms with Gasteiger partial charge in [0.05, 0.1) is 32.1 Å². The maximum atomic E-state index is 5.98. The zero-order valence-electron chi connectivity index (χ0n) is 19.0. The molecule has 176 valence electrons. The number of aromatic nitrogens is 2. The van der Waals surface area contributed by atoms with Crippen molar-refractivity contribution in [1.29, 1.82) is 0 Å². The summed E-state index contributed by atoms with van der Waals surface area (Å²) in [6.45, 7) is 7.77. The van der Waals surface area contributed by atoms with Gasteiger partial charge in [-0.3, -0.25) is 10.3 Å². The molecule has 2 aromatic rings. The Hall–Kier alpha value is -2.75. The second-order valence-corrected chi connectivity index (χ2v) is 8.48. The highest BCUT2D eigenvalue weighted by molar-refractivity contribution is 6.03. The molecule has 0 unspecified atom stereocenters. The van der Waals surface area contributed by atoms with Gasteiger partial charge in [-0.25, -0.2) is 0 Å². The molecule has 9 nitrogen and oxygen atoms in total. The first-order chi connectivity index (χ1) is 16.3. The topological polar surface area (TPSA) is 84.3 Å². The zero-order chi connectivity index (χ0) is 22.3. The number of ether oxygens (including phenoxy) is 3. The van der Waals surface area contributed by atoms with Crippen molar-refractivity contribution in [1.82, 2.24) is 14.9 Å². The largest absolute Gasteiger partial charge is 0.462 e. The second-order valence-electron chi connectivity index (χ2n) is 8.48. The summed E-state index contributed by atoms with van der Waals surface area (Å²) in [6, 6.07) is 10.8. The number of morpholine rings is 2. The zero-order valence-corrected chi connectivity index (χ0v) is 19.0. The maximum absolute atomic E-state index is 5.98. The SMILES string of the molecule is c1ccc2c(c1)CCCC2=NNc1cc(N2CCOCC2)nc(OCCN2CCOCC2)n1. The van der Waals surface area contributed by atoms with E-state index in [0.29, 0.717) is 31.6 Å². The molecule has 9 heteroatoms. The number of rotatable bonds is 7. The van der Waals surface area contributed by atoms with Crippen LogP contribution in [0.3, 0.4) is 0 Å². The molecule has 0 bridgehead atoms. The second kappa shape index (κ2) is 10.9. The van der Waals surface area contributed by atoms with Gasteiger partial charge >= 0.3 is 6.01 Å². The molecule has 3 heterocycles. The summed E-state index contributed by atoms with van der Waals surface area (Å²) in [5, 5.41) is 4.73. The molecular weight excluding hydrogens is 420 g/mol. The lowest BCUT2D eigenvalue weighted by atomic mass is 9.90. The molecule has 0 atom stereocenters. The lowest BCUT2D eigenvalue weighted by molar-refractivity contribution is 0.0317. The molecule has 3 aliphatic rings. The number of hydrogen-bond donors (Lipinski definition) is 1. The van der Waals surface area contributed by atoms with E-state index in [0.717, 1.165) is 76.7 Å². The van der Waals surface area contributed by atoms with Gasteiger partial charge in [-0.1, -0.05) is 24.3 Å². The Morgan fingerprint density at radius 1 is 0.970 bits per heavy atom. The first-order valence-electron chi connectivity index (χ1n) is 11.9. The molecule has 2 aliphatic heterocycles. The van der Waals surface area contributed by atoms with Crippen LogP contribution in [-0.2, 0) is 15.9 Å². The number of benzene rings is 1. The average Bonchev–Trinajstić information content (AvgIpc) is 2.88. The van der Waals surface area contributed by atoms with Crippen molar-refractivity contribution >= 4 is 17.3 Å².